The number of hydrogen-bond donors (Lipinski definition) is 1. The summed E-state index contributed by atoms with van der Waals surface area (Å²) in [6.07, 6.45) is 0. The first-order valence-corrected chi connectivity index (χ1v) is 6.08. The van der Waals surface area contributed by atoms with Crippen LogP contribution in [0.1, 0.15) is 10.4 Å². The van der Waals surface area contributed by atoms with Gasteiger partial charge in [-0.15, -0.1) is 11.3 Å². The zero-order valence-corrected chi connectivity index (χ0v) is 10.8. The monoisotopic (exact) mass is 264 g/mol. The molecule has 94 valence electrons. The van der Waals surface area contributed by atoms with Gasteiger partial charge in [-0.3, -0.25) is 0 Å². The van der Waals surface area contributed by atoms with Crippen molar-refractivity contribution in [3.8, 4) is 21.9 Å². The molecule has 1 heterocycles. The molecule has 1 N–H and O–H groups in total. The van der Waals surface area contributed by atoms with Crippen LogP contribution in [0.5, 0.6) is 11.5 Å². The quantitative estimate of drug-likeness (QED) is 0.921. The van der Waals surface area contributed by atoms with Crippen molar-refractivity contribution in [2.45, 2.75) is 0 Å². The Balaban J connectivity index is 2.57. The number of carboxylic acid groups (broad SMARTS) is 1. The maximum atomic E-state index is 10.9. The summed E-state index contributed by atoms with van der Waals surface area (Å²) in [7, 11) is 3.15. The molecule has 0 bridgehead atoms. The minimum Gasteiger partial charge on any atom is -0.496 e. The lowest BCUT2D eigenvalue weighted by molar-refractivity contribution is 0.0697. The molecule has 2 aromatic rings. The minimum absolute atomic E-state index is 0.267. The topological polar surface area (TPSA) is 55.8 Å². The van der Waals surface area contributed by atoms with Gasteiger partial charge in [-0.2, -0.15) is 0 Å². The van der Waals surface area contributed by atoms with Crippen LogP contribution in [0.2, 0.25) is 0 Å². The first-order valence-electron chi connectivity index (χ1n) is 5.20. The van der Waals surface area contributed by atoms with Crippen LogP contribution in [0.25, 0.3) is 10.4 Å². The Kier molecular flexibility index (Phi) is 3.53. The molecule has 1 aromatic heterocycles. The first-order chi connectivity index (χ1) is 8.67. The van der Waals surface area contributed by atoms with Crippen molar-refractivity contribution in [3.05, 3.63) is 35.2 Å². The van der Waals surface area contributed by atoms with E-state index in [2.05, 4.69) is 0 Å². The molecular formula is C13H12O4S. The summed E-state index contributed by atoms with van der Waals surface area (Å²) in [4.78, 5) is 11.7. The summed E-state index contributed by atoms with van der Waals surface area (Å²) in [5.74, 6) is 0.382. The van der Waals surface area contributed by atoms with Crippen LogP contribution in [0.4, 0.5) is 0 Å². The fraction of sp³-hybridized carbons (Fsp3) is 0.154. The van der Waals surface area contributed by atoms with E-state index in [0.29, 0.717) is 11.5 Å². The van der Waals surface area contributed by atoms with Crippen molar-refractivity contribution in [2.75, 3.05) is 14.2 Å². The zero-order valence-electron chi connectivity index (χ0n) is 9.97. The third-order valence-corrected chi connectivity index (χ3v) is 3.47. The third-order valence-electron chi connectivity index (χ3n) is 2.52. The van der Waals surface area contributed by atoms with Gasteiger partial charge in [0.1, 0.15) is 11.5 Å². The van der Waals surface area contributed by atoms with E-state index < -0.39 is 5.97 Å². The van der Waals surface area contributed by atoms with Gasteiger partial charge >= 0.3 is 5.97 Å². The first kappa shape index (κ1) is 12.4. The maximum absolute atomic E-state index is 10.9. The van der Waals surface area contributed by atoms with E-state index in [1.807, 2.05) is 18.2 Å². The number of carboxylic acids is 1. The molecule has 0 atom stereocenters. The van der Waals surface area contributed by atoms with E-state index in [-0.39, 0.29) is 5.56 Å². The minimum atomic E-state index is -0.939. The van der Waals surface area contributed by atoms with Crippen LogP contribution in [0, 0.1) is 0 Å². The van der Waals surface area contributed by atoms with Gasteiger partial charge in [0, 0.05) is 10.3 Å². The van der Waals surface area contributed by atoms with Crippen molar-refractivity contribution in [1.29, 1.82) is 0 Å². The Hall–Kier alpha value is -2.01. The van der Waals surface area contributed by atoms with E-state index in [1.54, 1.807) is 25.7 Å². The molecule has 18 heavy (non-hydrogen) atoms. The molecule has 0 unspecified atom stereocenters. The number of rotatable bonds is 4. The summed E-state index contributed by atoms with van der Waals surface area (Å²) >= 11 is 1.35. The second-order valence-corrected chi connectivity index (χ2v) is 4.45. The Labute approximate surface area is 108 Å². The fourth-order valence-electron chi connectivity index (χ4n) is 1.67. The third kappa shape index (κ3) is 2.17. The maximum Gasteiger partial charge on any atom is 0.336 e. The standard InChI is InChI=1S/C13H12O4S/c1-16-9-4-3-5-10(17-2)12(9)11-6-8(7-18-11)13(14)15/h3-7H,1-2H3,(H,14,15). The number of carbonyl (C=O) groups is 1. The number of ether oxygens (including phenoxy) is 2. The van der Waals surface area contributed by atoms with Crippen LogP contribution in [0.15, 0.2) is 29.6 Å². The van der Waals surface area contributed by atoms with E-state index >= 15 is 0 Å². The Morgan fingerprint density at radius 1 is 1.22 bits per heavy atom. The summed E-state index contributed by atoms with van der Waals surface area (Å²) < 4.78 is 10.6. The normalized spacial score (nSPS) is 10.1. The Morgan fingerprint density at radius 2 is 1.83 bits per heavy atom. The van der Waals surface area contributed by atoms with Crippen LogP contribution < -0.4 is 9.47 Å². The van der Waals surface area contributed by atoms with Crippen LogP contribution >= 0.6 is 11.3 Å². The second-order valence-electron chi connectivity index (χ2n) is 3.54. The molecule has 2 rings (SSSR count). The van der Waals surface area contributed by atoms with Gasteiger partial charge < -0.3 is 14.6 Å². The summed E-state index contributed by atoms with van der Waals surface area (Å²) in [6.45, 7) is 0. The summed E-state index contributed by atoms with van der Waals surface area (Å²) in [6, 6.07) is 7.08. The SMILES string of the molecule is COc1cccc(OC)c1-c1cc(C(=O)O)cs1. The molecular weight excluding hydrogens is 252 g/mol. The van der Waals surface area contributed by atoms with Gasteiger partial charge in [0.05, 0.1) is 25.3 Å². The number of methoxy groups -OCH3 is 2. The van der Waals surface area contributed by atoms with Gasteiger partial charge in [-0.25, -0.2) is 4.79 Å². The summed E-state index contributed by atoms with van der Waals surface area (Å²) in [5, 5.41) is 10.5. The van der Waals surface area contributed by atoms with E-state index in [0.717, 1.165) is 10.4 Å². The average Bonchev–Trinajstić information content (AvgIpc) is 2.87. The van der Waals surface area contributed by atoms with Gasteiger partial charge in [0.15, 0.2) is 0 Å². The molecule has 4 nitrogen and oxygen atoms in total. The lowest BCUT2D eigenvalue weighted by atomic mass is 10.1. The predicted molar refractivity (Wildman–Crippen MR) is 69.8 cm³/mol. The van der Waals surface area contributed by atoms with Gasteiger partial charge in [-0.1, -0.05) is 6.07 Å². The molecule has 0 amide bonds. The Bertz CT molecular complexity index is 552. The van der Waals surface area contributed by atoms with Crippen molar-refractivity contribution >= 4 is 17.3 Å². The van der Waals surface area contributed by atoms with Crippen molar-refractivity contribution in [1.82, 2.24) is 0 Å². The number of hydrogen-bond acceptors (Lipinski definition) is 4. The summed E-state index contributed by atoms with van der Waals surface area (Å²) in [5.41, 5.74) is 1.04. The van der Waals surface area contributed by atoms with E-state index in [4.69, 9.17) is 14.6 Å². The highest BCUT2D eigenvalue weighted by molar-refractivity contribution is 7.14. The highest BCUT2D eigenvalue weighted by atomic mass is 32.1. The average molecular weight is 264 g/mol. The van der Waals surface area contributed by atoms with Gasteiger partial charge in [-0.05, 0) is 18.2 Å². The molecule has 5 heteroatoms. The smallest absolute Gasteiger partial charge is 0.336 e. The molecule has 0 fully saturated rings. The van der Waals surface area contributed by atoms with Crippen LogP contribution in [-0.2, 0) is 0 Å². The fourth-order valence-corrected chi connectivity index (χ4v) is 2.61. The highest BCUT2D eigenvalue weighted by Gasteiger charge is 2.16. The highest BCUT2D eigenvalue weighted by Crippen LogP contribution is 2.41. The largest absolute Gasteiger partial charge is 0.496 e. The predicted octanol–water partition coefficient (Wildman–Crippen LogP) is 3.13. The van der Waals surface area contributed by atoms with Crippen molar-refractivity contribution in [3.63, 3.8) is 0 Å². The second kappa shape index (κ2) is 5.10. The molecule has 0 aliphatic heterocycles. The van der Waals surface area contributed by atoms with E-state index in [9.17, 15) is 4.79 Å². The van der Waals surface area contributed by atoms with Crippen LogP contribution in [0.3, 0.4) is 0 Å². The Morgan fingerprint density at radius 3 is 2.28 bits per heavy atom. The number of thiophene rings is 1. The molecule has 0 radical (unpaired) electrons. The molecule has 1 aromatic carbocycles. The van der Waals surface area contributed by atoms with Gasteiger partial charge in [0.25, 0.3) is 0 Å². The molecule has 0 aliphatic carbocycles. The molecule has 0 aliphatic rings. The van der Waals surface area contributed by atoms with Crippen molar-refractivity contribution in [2.24, 2.45) is 0 Å². The lowest BCUT2D eigenvalue weighted by Crippen LogP contribution is -1.93. The molecule has 0 saturated heterocycles. The number of aromatic carboxylic acids is 1. The molecule has 0 spiro atoms. The zero-order chi connectivity index (χ0) is 13.1. The number of benzene rings is 1. The lowest BCUT2D eigenvalue weighted by Gasteiger charge is -2.11. The van der Waals surface area contributed by atoms with Crippen molar-refractivity contribution < 1.29 is 19.4 Å². The molecule has 0 saturated carbocycles. The van der Waals surface area contributed by atoms with E-state index in [1.165, 1.54) is 11.3 Å². The van der Waals surface area contributed by atoms with Crippen LogP contribution in [-0.4, -0.2) is 25.3 Å². The van der Waals surface area contributed by atoms with Gasteiger partial charge in [0.2, 0.25) is 0 Å².